The van der Waals surface area contributed by atoms with Gasteiger partial charge in [-0.15, -0.1) is 0 Å². The Bertz CT molecular complexity index is 741. The summed E-state index contributed by atoms with van der Waals surface area (Å²) in [5.74, 6) is 0. The van der Waals surface area contributed by atoms with Crippen molar-refractivity contribution >= 4 is 17.5 Å². The average molecular weight is 287 g/mol. The van der Waals surface area contributed by atoms with Gasteiger partial charge in [-0.1, -0.05) is 54.6 Å². The van der Waals surface area contributed by atoms with E-state index in [9.17, 15) is 0 Å². The highest BCUT2D eigenvalue weighted by atomic mass is 15.1. The lowest BCUT2D eigenvalue weighted by molar-refractivity contribution is 1.05. The molecule has 0 heterocycles. The molecule has 0 saturated heterocycles. The summed E-state index contributed by atoms with van der Waals surface area (Å²) in [5.41, 5.74) is 4.57. The molecular formula is C19H17N3. The fourth-order valence-electron chi connectivity index (χ4n) is 2.33. The molecule has 3 nitrogen and oxygen atoms in total. The minimum atomic E-state index is 0.633. The summed E-state index contributed by atoms with van der Waals surface area (Å²) in [6.45, 7) is 0. The monoisotopic (exact) mass is 287 g/mol. The Kier molecular flexibility index (Phi) is 4.35. The summed E-state index contributed by atoms with van der Waals surface area (Å²) in [7, 11) is 0. The summed E-state index contributed by atoms with van der Waals surface area (Å²) in [5, 5.41) is 16.6. The third-order valence-corrected chi connectivity index (χ3v) is 3.44. The van der Waals surface area contributed by atoms with Crippen molar-refractivity contribution in [1.82, 2.24) is 0 Å². The third-order valence-electron chi connectivity index (χ3n) is 3.44. The van der Waals surface area contributed by atoms with Crippen LogP contribution in [-0.4, -0.2) is 5.71 Å². The topological polar surface area (TPSA) is 48.6 Å². The Balaban J connectivity index is 1.89. The molecule has 22 heavy (non-hydrogen) atoms. The van der Waals surface area contributed by atoms with E-state index in [0.29, 0.717) is 18.6 Å². The van der Waals surface area contributed by atoms with Crippen LogP contribution in [0.5, 0.6) is 0 Å². The molecular weight excluding hydrogens is 270 g/mol. The van der Waals surface area contributed by atoms with E-state index in [0.717, 1.165) is 22.5 Å². The van der Waals surface area contributed by atoms with Gasteiger partial charge >= 0.3 is 0 Å². The Morgan fingerprint density at radius 2 is 1.55 bits per heavy atom. The smallest absolute Gasteiger partial charge is 0.0857 e. The van der Waals surface area contributed by atoms with Crippen LogP contribution >= 0.6 is 0 Å². The predicted molar refractivity (Wildman–Crippen MR) is 90.4 cm³/mol. The van der Waals surface area contributed by atoms with E-state index in [1.807, 2.05) is 54.6 Å². The highest BCUT2D eigenvalue weighted by molar-refractivity contribution is 5.89. The number of azo groups is 1. The number of benzene rings is 2. The van der Waals surface area contributed by atoms with Crippen LogP contribution in [0.15, 0.2) is 88.2 Å². The lowest BCUT2D eigenvalue weighted by Crippen LogP contribution is -2.05. The van der Waals surface area contributed by atoms with E-state index in [1.165, 1.54) is 0 Å². The Labute approximate surface area is 130 Å². The Morgan fingerprint density at radius 3 is 2.27 bits per heavy atom. The first-order valence-corrected chi connectivity index (χ1v) is 7.30. The molecule has 2 aromatic rings. The molecule has 2 aromatic carbocycles. The second kappa shape index (κ2) is 6.76. The summed E-state index contributed by atoms with van der Waals surface area (Å²) in [6, 6.07) is 19.8. The second-order valence-corrected chi connectivity index (χ2v) is 5.19. The van der Waals surface area contributed by atoms with Gasteiger partial charge in [0.15, 0.2) is 0 Å². The van der Waals surface area contributed by atoms with Gasteiger partial charge in [-0.05, 0) is 29.3 Å². The van der Waals surface area contributed by atoms with Crippen molar-refractivity contribution in [2.24, 2.45) is 10.2 Å². The van der Waals surface area contributed by atoms with E-state index in [-0.39, 0.29) is 0 Å². The van der Waals surface area contributed by atoms with Gasteiger partial charge in [0.25, 0.3) is 0 Å². The first-order valence-electron chi connectivity index (χ1n) is 7.30. The molecule has 1 aliphatic carbocycles. The molecule has 0 aromatic heterocycles. The first kappa shape index (κ1) is 14.1. The lowest BCUT2D eigenvalue weighted by atomic mass is 9.95. The zero-order valence-electron chi connectivity index (χ0n) is 12.2. The molecule has 3 heteroatoms. The van der Waals surface area contributed by atoms with E-state index in [1.54, 1.807) is 0 Å². The van der Waals surface area contributed by atoms with Crippen molar-refractivity contribution in [3.8, 4) is 0 Å². The van der Waals surface area contributed by atoms with Crippen molar-refractivity contribution in [3.05, 3.63) is 83.6 Å². The van der Waals surface area contributed by atoms with E-state index in [2.05, 4.69) is 28.4 Å². The van der Waals surface area contributed by atoms with Crippen LogP contribution in [-0.2, 0) is 0 Å². The van der Waals surface area contributed by atoms with Crippen LogP contribution in [0.25, 0.3) is 6.08 Å². The molecule has 3 rings (SSSR count). The third kappa shape index (κ3) is 3.64. The molecule has 0 saturated carbocycles. The molecule has 1 aliphatic rings. The van der Waals surface area contributed by atoms with Crippen molar-refractivity contribution < 1.29 is 0 Å². The van der Waals surface area contributed by atoms with Crippen LogP contribution in [0.4, 0.5) is 5.69 Å². The number of nitrogens with one attached hydrogen (secondary N) is 1. The molecule has 0 amide bonds. The highest BCUT2D eigenvalue weighted by Gasteiger charge is 2.13. The average Bonchev–Trinajstić information content (AvgIpc) is 2.56. The van der Waals surface area contributed by atoms with Crippen LogP contribution < -0.4 is 0 Å². The van der Waals surface area contributed by atoms with Gasteiger partial charge < -0.3 is 5.41 Å². The summed E-state index contributed by atoms with van der Waals surface area (Å²) < 4.78 is 0. The van der Waals surface area contributed by atoms with Crippen molar-refractivity contribution in [1.29, 1.82) is 5.41 Å². The van der Waals surface area contributed by atoms with E-state index in [4.69, 9.17) is 5.41 Å². The van der Waals surface area contributed by atoms with Crippen molar-refractivity contribution in [3.63, 3.8) is 0 Å². The van der Waals surface area contributed by atoms with Crippen LogP contribution in [0, 0.1) is 5.41 Å². The Hall–Kier alpha value is -2.81. The quantitative estimate of drug-likeness (QED) is 0.719. The standard InChI is InChI=1S/C19H17N3/c20-17-11-12-19(22-21-18-9-5-2-6-10-18)16(14-17)13-15-7-3-1-4-8-15/h1-10,12-13,20H,11,14H2. The maximum atomic E-state index is 7.91. The first-order chi connectivity index (χ1) is 10.8. The number of allylic oxidation sites excluding steroid dienone is 2. The maximum Gasteiger partial charge on any atom is 0.0857 e. The Morgan fingerprint density at radius 1 is 0.864 bits per heavy atom. The van der Waals surface area contributed by atoms with Crippen LogP contribution in [0.1, 0.15) is 18.4 Å². The largest absolute Gasteiger partial charge is 0.309 e. The minimum Gasteiger partial charge on any atom is -0.309 e. The highest BCUT2D eigenvalue weighted by Crippen LogP contribution is 2.27. The van der Waals surface area contributed by atoms with Gasteiger partial charge in [0.05, 0.1) is 11.4 Å². The number of nitrogens with zero attached hydrogens (tertiary/aromatic N) is 2. The van der Waals surface area contributed by atoms with Gasteiger partial charge in [-0.3, -0.25) is 0 Å². The number of hydrogen-bond acceptors (Lipinski definition) is 3. The molecule has 0 spiro atoms. The minimum absolute atomic E-state index is 0.633. The van der Waals surface area contributed by atoms with Gasteiger partial charge in [0.1, 0.15) is 0 Å². The number of hydrogen-bond donors (Lipinski definition) is 1. The maximum absolute atomic E-state index is 7.91. The molecule has 0 unspecified atom stereocenters. The van der Waals surface area contributed by atoms with Gasteiger partial charge in [-0.25, -0.2) is 0 Å². The van der Waals surface area contributed by atoms with E-state index >= 15 is 0 Å². The molecule has 0 aliphatic heterocycles. The summed E-state index contributed by atoms with van der Waals surface area (Å²) in [4.78, 5) is 0. The normalized spacial score (nSPS) is 17.0. The predicted octanol–water partition coefficient (Wildman–Crippen LogP) is 5.55. The lowest BCUT2D eigenvalue weighted by Gasteiger charge is -2.14. The van der Waals surface area contributed by atoms with Gasteiger partial charge in [-0.2, -0.15) is 10.2 Å². The van der Waals surface area contributed by atoms with Crippen molar-refractivity contribution in [2.45, 2.75) is 12.8 Å². The second-order valence-electron chi connectivity index (χ2n) is 5.19. The van der Waals surface area contributed by atoms with E-state index < -0.39 is 0 Å². The molecule has 0 bridgehead atoms. The fraction of sp³-hybridized carbons (Fsp3) is 0.105. The molecule has 1 N–H and O–H groups in total. The zero-order chi connectivity index (χ0) is 15.2. The fourth-order valence-corrected chi connectivity index (χ4v) is 2.33. The zero-order valence-corrected chi connectivity index (χ0v) is 12.2. The van der Waals surface area contributed by atoms with Gasteiger partial charge in [0.2, 0.25) is 0 Å². The van der Waals surface area contributed by atoms with Gasteiger partial charge in [0, 0.05) is 18.6 Å². The molecule has 0 fully saturated rings. The summed E-state index contributed by atoms with van der Waals surface area (Å²) >= 11 is 0. The SMILES string of the molecule is N=C1CC=C(N=Nc2ccccc2)C(=Cc2ccccc2)C1. The van der Waals surface area contributed by atoms with Crippen LogP contribution in [0.2, 0.25) is 0 Å². The van der Waals surface area contributed by atoms with Crippen molar-refractivity contribution in [2.75, 3.05) is 0 Å². The number of rotatable bonds is 3. The van der Waals surface area contributed by atoms with Crippen LogP contribution in [0.3, 0.4) is 0 Å². The molecule has 108 valence electrons. The molecule has 0 atom stereocenters. The molecule has 0 radical (unpaired) electrons. The summed E-state index contributed by atoms with van der Waals surface area (Å²) in [6.07, 6.45) is 5.35.